The number of allylic oxidation sites excluding steroid dienone is 1. The van der Waals surface area contributed by atoms with Crippen molar-refractivity contribution in [3.63, 3.8) is 0 Å². The van der Waals surface area contributed by atoms with E-state index in [1.54, 1.807) is 11.6 Å². The van der Waals surface area contributed by atoms with Crippen LogP contribution in [0.2, 0.25) is 5.32 Å². The molecule has 0 heterocycles. The summed E-state index contributed by atoms with van der Waals surface area (Å²) in [7, 11) is 1.71. The first-order valence-corrected chi connectivity index (χ1v) is 12.4. The Labute approximate surface area is 168 Å². The van der Waals surface area contributed by atoms with E-state index in [2.05, 4.69) is 78.9 Å². The van der Waals surface area contributed by atoms with E-state index in [0.29, 0.717) is 29.9 Å². The summed E-state index contributed by atoms with van der Waals surface area (Å²) < 4.78 is 9.74. The Morgan fingerprint density at radius 2 is 1.42 bits per heavy atom. The number of hydrogen-bond acceptors (Lipinski definition) is 1. The standard InChI is InChI=1S/C23H22OSe2/c1-24-20-14-12-19(13-15-20)18-23(26-22-10-6-3-7-11-22)16-17-25-21-8-4-2-5-9-21/h2-15,18H,16-17H2,1H3/b23-18-. The Balaban J connectivity index is 1.70. The molecule has 0 saturated heterocycles. The summed E-state index contributed by atoms with van der Waals surface area (Å²) in [4.78, 5) is 0. The molecule has 0 fully saturated rings. The van der Waals surface area contributed by atoms with E-state index in [1.165, 1.54) is 19.8 Å². The van der Waals surface area contributed by atoms with Gasteiger partial charge in [-0.1, -0.05) is 0 Å². The molecule has 0 atom stereocenters. The van der Waals surface area contributed by atoms with E-state index >= 15 is 0 Å². The van der Waals surface area contributed by atoms with Crippen LogP contribution in [-0.4, -0.2) is 37.0 Å². The molecule has 3 heteroatoms. The summed E-state index contributed by atoms with van der Waals surface area (Å²) in [6.07, 6.45) is 3.53. The maximum atomic E-state index is 5.27. The molecule has 0 aliphatic carbocycles. The normalized spacial score (nSPS) is 11.3. The Kier molecular flexibility index (Phi) is 7.61. The molecule has 3 aromatic rings. The molecular weight excluding hydrogens is 450 g/mol. The molecule has 3 aromatic carbocycles. The Morgan fingerprint density at radius 1 is 0.808 bits per heavy atom. The van der Waals surface area contributed by atoms with Gasteiger partial charge in [-0.3, -0.25) is 0 Å². The maximum absolute atomic E-state index is 5.27. The number of rotatable bonds is 8. The van der Waals surface area contributed by atoms with Gasteiger partial charge in [-0.15, -0.1) is 0 Å². The molecule has 0 saturated carbocycles. The molecule has 0 aliphatic rings. The molecule has 132 valence electrons. The summed E-state index contributed by atoms with van der Waals surface area (Å²) in [5, 5.41) is 1.24. The molecule has 0 bridgehead atoms. The average Bonchev–Trinajstić information content (AvgIpc) is 2.70. The molecular formula is C23H22OSe2. The molecule has 26 heavy (non-hydrogen) atoms. The molecule has 0 amide bonds. The first-order chi connectivity index (χ1) is 12.8. The van der Waals surface area contributed by atoms with Crippen LogP contribution in [0.3, 0.4) is 0 Å². The Bertz CT molecular complexity index is 812. The van der Waals surface area contributed by atoms with Crippen molar-refractivity contribution in [1.29, 1.82) is 0 Å². The minimum atomic E-state index is 0.369. The molecule has 3 rings (SSSR count). The van der Waals surface area contributed by atoms with Crippen molar-refractivity contribution < 1.29 is 4.74 Å². The van der Waals surface area contributed by atoms with Crippen molar-refractivity contribution in [2.45, 2.75) is 11.7 Å². The van der Waals surface area contributed by atoms with E-state index in [0.717, 1.165) is 12.2 Å². The zero-order valence-electron chi connectivity index (χ0n) is 14.8. The van der Waals surface area contributed by atoms with Gasteiger partial charge in [0.1, 0.15) is 0 Å². The van der Waals surface area contributed by atoms with Gasteiger partial charge in [0.15, 0.2) is 0 Å². The molecule has 0 spiro atoms. The van der Waals surface area contributed by atoms with Gasteiger partial charge >= 0.3 is 169 Å². The van der Waals surface area contributed by atoms with Gasteiger partial charge in [0.25, 0.3) is 0 Å². The molecule has 0 unspecified atom stereocenters. The summed E-state index contributed by atoms with van der Waals surface area (Å²) in [6.45, 7) is 0. The van der Waals surface area contributed by atoms with Gasteiger partial charge in [0.2, 0.25) is 0 Å². The zero-order chi connectivity index (χ0) is 18.0. The Morgan fingerprint density at radius 3 is 2.04 bits per heavy atom. The molecule has 0 radical (unpaired) electrons. The van der Waals surface area contributed by atoms with Crippen molar-refractivity contribution >= 4 is 44.9 Å². The van der Waals surface area contributed by atoms with E-state index in [4.69, 9.17) is 4.74 Å². The van der Waals surface area contributed by atoms with Crippen LogP contribution in [-0.2, 0) is 0 Å². The summed E-state index contributed by atoms with van der Waals surface area (Å²) in [6, 6.07) is 30.0. The van der Waals surface area contributed by atoms with Gasteiger partial charge in [0.05, 0.1) is 0 Å². The second-order valence-electron chi connectivity index (χ2n) is 5.71. The third-order valence-corrected chi connectivity index (χ3v) is 8.21. The van der Waals surface area contributed by atoms with Crippen molar-refractivity contribution in [1.82, 2.24) is 0 Å². The fourth-order valence-corrected chi connectivity index (χ4v) is 7.11. The van der Waals surface area contributed by atoms with Gasteiger partial charge in [-0.2, -0.15) is 0 Å². The van der Waals surface area contributed by atoms with Crippen LogP contribution in [0.4, 0.5) is 0 Å². The molecule has 0 aliphatic heterocycles. The number of methoxy groups -OCH3 is 1. The molecule has 0 aromatic heterocycles. The van der Waals surface area contributed by atoms with E-state index in [-0.39, 0.29) is 0 Å². The number of hydrogen-bond donors (Lipinski definition) is 0. The topological polar surface area (TPSA) is 9.23 Å². The Hall–Kier alpha value is -1.76. The third-order valence-electron chi connectivity index (χ3n) is 3.80. The predicted octanol–water partition coefficient (Wildman–Crippen LogP) is 3.90. The van der Waals surface area contributed by atoms with Crippen LogP contribution >= 0.6 is 0 Å². The van der Waals surface area contributed by atoms with Crippen LogP contribution < -0.4 is 13.7 Å². The van der Waals surface area contributed by atoms with Crippen LogP contribution in [0.25, 0.3) is 6.08 Å². The van der Waals surface area contributed by atoms with Gasteiger partial charge in [-0.05, 0) is 0 Å². The second kappa shape index (κ2) is 10.4. The van der Waals surface area contributed by atoms with E-state index in [9.17, 15) is 0 Å². The van der Waals surface area contributed by atoms with Crippen LogP contribution in [0.15, 0.2) is 89.4 Å². The number of benzene rings is 3. The fourth-order valence-electron chi connectivity index (χ4n) is 2.46. The third kappa shape index (κ3) is 6.20. The monoisotopic (exact) mass is 474 g/mol. The predicted molar refractivity (Wildman–Crippen MR) is 114 cm³/mol. The zero-order valence-corrected chi connectivity index (χ0v) is 18.2. The van der Waals surface area contributed by atoms with Gasteiger partial charge in [0, 0.05) is 0 Å². The van der Waals surface area contributed by atoms with Gasteiger partial charge in [-0.25, -0.2) is 0 Å². The summed E-state index contributed by atoms with van der Waals surface area (Å²) in [5.74, 6) is 0.907. The quantitative estimate of drug-likeness (QED) is 0.452. The second-order valence-corrected chi connectivity index (χ2v) is 10.7. The molecule has 1 nitrogen and oxygen atoms in total. The summed E-state index contributed by atoms with van der Waals surface area (Å²) >= 11 is 0.904. The SMILES string of the molecule is COc1ccc(/C=C(/CC[Se]c2ccccc2)[Se]c2ccccc2)cc1. The summed E-state index contributed by atoms with van der Waals surface area (Å²) in [5.41, 5.74) is 1.26. The first kappa shape index (κ1) is 19.0. The van der Waals surface area contributed by atoms with Crippen LogP contribution in [0.1, 0.15) is 12.0 Å². The fraction of sp³-hybridized carbons (Fsp3) is 0.130. The first-order valence-electron chi connectivity index (χ1n) is 8.59. The van der Waals surface area contributed by atoms with E-state index < -0.39 is 0 Å². The van der Waals surface area contributed by atoms with Crippen molar-refractivity contribution in [2.24, 2.45) is 0 Å². The average molecular weight is 472 g/mol. The number of ether oxygens (including phenoxy) is 1. The minimum absolute atomic E-state index is 0.369. The van der Waals surface area contributed by atoms with Crippen molar-refractivity contribution in [3.05, 3.63) is 95.0 Å². The van der Waals surface area contributed by atoms with Crippen molar-refractivity contribution in [3.8, 4) is 5.75 Å². The van der Waals surface area contributed by atoms with E-state index in [1.807, 2.05) is 12.1 Å². The molecule has 0 N–H and O–H groups in total. The van der Waals surface area contributed by atoms with Crippen LogP contribution in [0, 0.1) is 0 Å². The van der Waals surface area contributed by atoms with Crippen LogP contribution in [0.5, 0.6) is 5.75 Å². The van der Waals surface area contributed by atoms with Crippen molar-refractivity contribution in [2.75, 3.05) is 7.11 Å². The van der Waals surface area contributed by atoms with Gasteiger partial charge < -0.3 is 0 Å².